The Hall–Kier alpha value is -1.09. The minimum Gasteiger partial charge on any atom is -0.481 e. The van der Waals surface area contributed by atoms with Gasteiger partial charge in [-0.25, -0.2) is 0 Å². The Bertz CT molecular complexity index is 549. The molecule has 23 heavy (non-hydrogen) atoms. The second-order valence-electron chi connectivity index (χ2n) is 8.39. The van der Waals surface area contributed by atoms with E-state index in [1.54, 1.807) is 0 Å². The average Bonchev–Trinajstić information content (AvgIpc) is 2.88. The van der Waals surface area contributed by atoms with Gasteiger partial charge in [-0.3, -0.25) is 4.79 Å². The normalized spacial score (nSPS) is 43.9. The fourth-order valence-electron chi connectivity index (χ4n) is 5.67. The van der Waals surface area contributed by atoms with Gasteiger partial charge in [0.2, 0.25) is 0 Å². The molecule has 0 aromatic rings. The molecule has 0 radical (unpaired) electrons. The molecule has 1 N–H and O–H groups in total. The summed E-state index contributed by atoms with van der Waals surface area (Å²) in [7, 11) is 0. The maximum absolute atomic E-state index is 12.0. The number of fused-ring (bicyclic) bond motifs is 1. The van der Waals surface area contributed by atoms with Crippen molar-refractivity contribution in [2.45, 2.75) is 65.4 Å². The van der Waals surface area contributed by atoms with Crippen LogP contribution < -0.4 is 0 Å². The molecule has 3 heteroatoms. The van der Waals surface area contributed by atoms with Gasteiger partial charge in [0.05, 0.1) is 18.1 Å². The molecule has 0 aromatic heterocycles. The number of hydrogen-bond acceptors (Lipinski definition) is 2. The second kappa shape index (κ2) is 5.77. The fourth-order valence-corrected chi connectivity index (χ4v) is 5.67. The first-order valence-electron chi connectivity index (χ1n) is 8.98. The van der Waals surface area contributed by atoms with Crippen LogP contribution in [0, 0.1) is 22.7 Å². The molecule has 0 bridgehead atoms. The van der Waals surface area contributed by atoms with E-state index in [9.17, 15) is 9.90 Å². The molecule has 2 aliphatic carbocycles. The lowest BCUT2D eigenvalue weighted by Crippen LogP contribution is -2.53. The van der Waals surface area contributed by atoms with Crippen molar-refractivity contribution in [3.63, 3.8) is 0 Å². The summed E-state index contributed by atoms with van der Waals surface area (Å²) in [5.41, 5.74) is 2.07. The second-order valence-corrected chi connectivity index (χ2v) is 8.39. The van der Waals surface area contributed by atoms with E-state index in [4.69, 9.17) is 4.74 Å². The van der Waals surface area contributed by atoms with Crippen molar-refractivity contribution in [2.75, 3.05) is 6.61 Å². The molecular formula is C20H30O3. The maximum Gasteiger partial charge on any atom is 0.309 e. The number of hydrogen-bond donors (Lipinski definition) is 1. The Labute approximate surface area is 139 Å². The Morgan fingerprint density at radius 2 is 2.17 bits per heavy atom. The van der Waals surface area contributed by atoms with E-state index in [1.165, 1.54) is 11.1 Å². The summed E-state index contributed by atoms with van der Waals surface area (Å²) in [5, 5.41) is 9.87. The summed E-state index contributed by atoms with van der Waals surface area (Å²) in [6.45, 7) is 11.5. The van der Waals surface area contributed by atoms with E-state index in [0.717, 1.165) is 38.5 Å². The smallest absolute Gasteiger partial charge is 0.309 e. The van der Waals surface area contributed by atoms with Gasteiger partial charge in [-0.1, -0.05) is 31.6 Å². The van der Waals surface area contributed by atoms with Gasteiger partial charge >= 0.3 is 5.97 Å². The molecule has 0 aromatic carbocycles. The largest absolute Gasteiger partial charge is 0.481 e. The van der Waals surface area contributed by atoms with Gasteiger partial charge in [-0.15, -0.1) is 0 Å². The highest BCUT2D eigenvalue weighted by Crippen LogP contribution is 2.62. The Morgan fingerprint density at radius 3 is 2.78 bits per heavy atom. The molecule has 0 saturated heterocycles. The van der Waals surface area contributed by atoms with Gasteiger partial charge in [0.1, 0.15) is 0 Å². The van der Waals surface area contributed by atoms with Gasteiger partial charge in [-0.2, -0.15) is 0 Å². The lowest BCUT2D eigenvalue weighted by Gasteiger charge is -2.57. The molecule has 0 amide bonds. The van der Waals surface area contributed by atoms with Gasteiger partial charge in [0.25, 0.3) is 0 Å². The topological polar surface area (TPSA) is 46.5 Å². The number of rotatable bonds is 3. The van der Waals surface area contributed by atoms with Crippen LogP contribution in [-0.4, -0.2) is 23.8 Å². The van der Waals surface area contributed by atoms with Crippen molar-refractivity contribution in [3.8, 4) is 0 Å². The summed E-state index contributed by atoms with van der Waals surface area (Å²) in [4.78, 5) is 12.0. The van der Waals surface area contributed by atoms with Crippen molar-refractivity contribution in [1.29, 1.82) is 0 Å². The first kappa shape index (κ1) is 16.8. The number of carbonyl (C=O) groups is 1. The fraction of sp³-hybridized carbons (Fsp3) is 0.750. The molecule has 2 saturated carbocycles. The summed E-state index contributed by atoms with van der Waals surface area (Å²) in [5.74, 6) is -0.0120. The van der Waals surface area contributed by atoms with Crippen molar-refractivity contribution in [3.05, 3.63) is 23.8 Å². The Balaban J connectivity index is 1.91. The monoisotopic (exact) mass is 318 g/mol. The van der Waals surface area contributed by atoms with Crippen LogP contribution in [0.1, 0.15) is 59.3 Å². The minimum absolute atomic E-state index is 0.0347. The van der Waals surface area contributed by atoms with Crippen LogP contribution in [0.5, 0.6) is 0 Å². The molecule has 2 fully saturated rings. The van der Waals surface area contributed by atoms with Gasteiger partial charge in [0.15, 0.2) is 0 Å². The highest BCUT2D eigenvalue weighted by molar-refractivity contribution is 5.75. The van der Waals surface area contributed by atoms with Crippen molar-refractivity contribution in [1.82, 2.24) is 0 Å². The molecule has 1 heterocycles. The summed E-state index contributed by atoms with van der Waals surface area (Å²) < 4.78 is 5.89. The lowest BCUT2D eigenvalue weighted by molar-refractivity contribution is -0.164. The molecule has 0 unspecified atom stereocenters. The van der Waals surface area contributed by atoms with Crippen LogP contribution in [0.2, 0.25) is 0 Å². The standard InChI is InChI=1S/C20H30O3/c1-13-6-7-17-19(3,9-5-10-20(17,4)18(21)22)15(13)12-16-14(2)8-11-23-16/h8,15-17H,1,5-7,9-12H2,2-4H3,(H,21,22)/t15-,16+,17-,19-,20+/m1/s1. The third kappa shape index (κ3) is 2.57. The van der Waals surface area contributed by atoms with Crippen LogP contribution in [-0.2, 0) is 9.53 Å². The van der Waals surface area contributed by atoms with Crippen LogP contribution >= 0.6 is 0 Å². The Morgan fingerprint density at radius 1 is 1.43 bits per heavy atom. The minimum atomic E-state index is -0.618. The van der Waals surface area contributed by atoms with E-state index in [2.05, 4.69) is 26.5 Å². The zero-order valence-electron chi connectivity index (χ0n) is 14.7. The van der Waals surface area contributed by atoms with Crippen molar-refractivity contribution in [2.24, 2.45) is 22.7 Å². The van der Waals surface area contributed by atoms with Crippen LogP contribution in [0.3, 0.4) is 0 Å². The van der Waals surface area contributed by atoms with E-state index < -0.39 is 11.4 Å². The summed E-state index contributed by atoms with van der Waals surface area (Å²) >= 11 is 0. The third-order valence-electron chi connectivity index (χ3n) is 7.17. The molecule has 3 rings (SSSR count). The molecule has 5 atom stereocenters. The maximum atomic E-state index is 12.0. The van der Waals surface area contributed by atoms with Gasteiger partial charge in [0, 0.05) is 0 Å². The van der Waals surface area contributed by atoms with Gasteiger partial charge < -0.3 is 9.84 Å². The number of allylic oxidation sites excluding steroid dienone is 1. The highest BCUT2D eigenvalue weighted by Gasteiger charge is 2.57. The zero-order chi connectivity index (χ0) is 16.8. The number of aliphatic carboxylic acids is 1. The van der Waals surface area contributed by atoms with E-state index in [0.29, 0.717) is 12.5 Å². The van der Waals surface area contributed by atoms with Crippen LogP contribution in [0.25, 0.3) is 0 Å². The Kier molecular flexibility index (Phi) is 4.20. The predicted octanol–water partition coefficient (Wildman–Crippen LogP) is 4.59. The summed E-state index contributed by atoms with van der Waals surface area (Å²) in [6.07, 6.45) is 8.16. The SMILES string of the molecule is C=C1CC[C@@H]2[C@](C)(CCC[C@]2(C)C(=O)O)[C@@H]1C[C@@H]1OCC=C1C. The average molecular weight is 318 g/mol. The zero-order valence-corrected chi connectivity index (χ0v) is 14.7. The number of carboxylic acids is 1. The molecule has 3 aliphatic rings. The molecule has 3 nitrogen and oxygen atoms in total. The highest BCUT2D eigenvalue weighted by atomic mass is 16.5. The first-order chi connectivity index (χ1) is 10.8. The van der Waals surface area contributed by atoms with E-state index >= 15 is 0 Å². The molecule has 128 valence electrons. The first-order valence-corrected chi connectivity index (χ1v) is 8.98. The quantitative estimate of drug-likeness (QED) is 0.774. The number of ether oxygens (including phenoxy) is 1. The third-order valence-corrected chi connectivity index (χ3v) is 7.17. The van der Waals surface area contributed by atoms with Crippen molar-refractivity contribution < 1.29 is 14.6 Å². The molecule has 0 spiro atoms. The van der Waals surface area contributed by atoms with E-state index in [1.807, 2.05) is 6.92 Å². The lowest BCUT2D eigenvalue weighted by atomic mass is 9.46. The molecular weight excluding hydrogens is 288 g/mol. The van der Waals surface area contributed by atoms with Crippen LogP contribution in [0.4, 0.5) is 0 Å². The summed E-state index contributed by atoms with van der Waals surface area (Å²) in [6, 6.07) is 0. The van der Waals surface area contributed by atoms with E-state index in [-0.39, 0.29) is 17.4 Å². The van der Waals surface area contributed by atoms with Crippen LogP contribution in [0.15, 0.2) is 23.8 Å². The molecule has 1 aliphatic heterocycles. The predicted molar refractivity (Wildman–Crippen MR) is 91.2 cm³/mol. The van der Waals surface area contributed by atoms with Gasteiger partial charge in [-0.05, 0) is 68.8 Å². The van der Waals surface area contributed by atoms with Crippen molar-refractivity contribution >= 4 is 5.97 Å². The number of carboxylic acid groups (broad SMARTS) is 1.